The molecule has 1 atom stereocenters. The van der Waals surface area contributed by atoms with Crippen molar-refractivity contribution in [3.8, 4) is 11.3 Å². The second kappa shape index (κ2) is 10.1. The van der Waals surface area contributed by atoms with Gasteiger partial charge in [-0.2, -0.15) is 0 Å². The number of nitrogens with zero attached hydrogens (tertiary/aromatic N) is 1. The Hall–Kier alpha value is -1.21. The van der Waals surface area contributed by atoms with Crippen LogP contribution in [0.3, 0.4) is 0 Å². The van der Waals surface area contributed by atoms with Gasteiger partial charge in [0.25, 0.3) is 0 Å². The zero-order chi connectivity index (χ0) is 17.7. The maximum absolute atomic E-state index is 4.65. The van der Waals surface area contributed by atoms with Crippen molar-refractivity contribution in [3.05, 3.63) is 72.8 Å². The molecule has 0 aliphatic carbocycles. The van der Waals surface area contributed by atoms with Gasteiger partial charge in [-0.05, 0) is 40.4 Å². The van der Waals surface area contributed by atoms with Crippen molar-refractivity contribution < 1.29 is 17.9 Å². The van der Waals surface area contributed by atoms with E-state index in [9.17, 15) is 0 Å². The molecule has 3 aromatic rings. The number of benzene rings is 2. The molecule has 0 fully saturated rings. The van der Waals surface area contributed by atoms with Crippen LogP contribution in [-0.4, -0.2) is 4.98 Å². The normalized spacial score (nSPS) is 11.3. The molecule has 1 unspecified atom stereocenters. The summed E-state index contributed by atoms with van der Waals surface area (Å²) in [5, 5.41) is 2.46. The minimum atomic E-state index is 0. The summed E-state index contributed by atoms with van der Waals surface area (Å²) in [4.78, 5) is 4.65. The fraction of sp³-hybridized carbons (Fsp3) is 0.273. The van der Waals surface area contributed by atoms with Crippen molar-refractivity contribution in [3.63, 3.8) is 0 Å². The average molecular weight is 531 g/mol. The number of hydrogen-bond donors (Lipinski definition) is 0. The Kier molecular flexibility index (Phi) is 8.79. The first-order valence-corrected chi connectivity index (χ1v) is 11.1. The molecule has 1 nitrogen and oxygen atoms in total. The fourth-order valence-corrected chi connectivity index (χ4v) is 2.97. The molecule has 25 heavy (non-hydrogen) atoms. The van der Waals surface area contributed by atoms with E-state index in [-0.39, 0.29) is 7.43 Å². The molecule has 1 heterocycles. The van der Waals surface area contributed by atoms with E-state index >= 15 is 0 Å². The number of halogens is 1. The molecule has 2 aromatic carbocycles. The van der Waals surface area contributed by atoms with Crippen molar-refractivity contribution in [1.29, 1.82) is 0 Å². The number of aromatic nitrogens is 1. The first-order valence-electron chi connectivity index (χ1n) is 8.10. The fourth-order valence-electron chi connectivity index (χ4n) is 2.97. The third-order valence-electron chi connectivity index (χ3n) is 4.37. The molecular weight excluding hydrogens is 506 g/mol. The SMILES string of the molecule is CCC(C)c1ccc2ccnc(-c3[c-]c(C)cc(C)c3)c2c1.[CH3-].[Cl][Ir+2]. The number of rotatable bonds is 3. The molecule has 134 valence electrons. The van der Waals surface area contributed by atoms with Crippen LogP contribution < -0.4 is 0 Å². The molecule has 3 heteroatoms. The summed E-state index contributed by atoms with van der Waals surface area (Å²) < 4.78 is 0. The van der Waals surface area contributed by atoms with Gasteiger partial charge in [-0.25, -0.2) is 0 Å². The van der Waals surface area contributed by atoms with E-state index in [0.29, 0.717) is 5.92 Å². The molecule has 0 aliphatic heterocycles. The molecule has 3 rings (SSSR count). The second-order valence-corrected chi connectivity index (χ2v) is 6.20. The molecule has 0 N–H and O–H groups in total. The Morgan fingerprint density at radius 3 is 2.48 bits per heavy atom. The quantitative estimate of drug-likeness (QED) is 0.333. The van der Waals surface area contributed by atoms with Crippen molar-refractivity contribution in [1.82, 2.24) is 4.98 Å². The summed E-state index contributed by atoms with van der Waals surface area (Å²) in [5.41, 5.74) is 5.92. The Morgan fingerprint density at radius 1 is 1.12 bits per heavy atom. The van der Waals surface area contributed by atoms with Crippen LogP contribution in [0.25, 0.3) is 22.0 Å². The van der Waals surface area contributed by atoms with Gasteiger partial charge in [0.15, 0.2) is 0 Å². The Balaban J connectivity index is 0.00000101. The third kappa shape index (κ3) is 5.14. The summed E-state index contributed by atoms with van der Waals surface area (Å²) in [6.07, 6.45) is 3.04. The summed E-state index contributed by atoms with van der Waals surface area (Å²) >= 11 is 1.47. The number of pyridine rings is 1. The van der Waals surface area contributed by atoms with Gasteiger partial charge in [-0.15, -0.1) is 34.9 Å². The van der Waals surface area contributed by atoms with Gasteiger partial charge in [0.05, 0.1) is 0 Å². The van der Waals surface area contributed by atoms with E-state index in [2.05, 4.69) is 84.7 Å². The van der Waals surface area contributed by atoms with E-state index in [1.165, 1.54) is 39.8 Å². The van der Waals surface area contributed by atoms with Gasteiger partial charge in [0.1, 0.15) is 0 Å². The summed E-state index contributed by atoms with van der Waals surface area (Å²) in [6, 6.07) is 16.6. The monoisotopic (exact) mass is 531 g/mol. The topological polar surface area (TPSA) is 12.9 Å². The third-order valence-corrected chi connectivity index (χ3v) is 4.37. The van der Waals surface area contributed by atoms with E-state index in [0.717, 1.165) is 23.2 Å². The predicted molar refractivity (Wildman–Crippen MR) is 106 cm³/mol. The maximum atomic E-state index is 4.65. The number of fused-ring (bicyclic) bond motifs is 1. The molecule has 0 radical (unpaired) electrons. The van der Waals surface area contributed by atoms with Crippen molar-refractivity contribution in [2.75, 3.05) is 0 Å². The Morgan fingerprint density at radius 2 is 1.84 bits per heavy atom. The predicted octanol–water partition coefficient (Wildman–Crippen LogP) is 6.97. The Bertz CT molecular complexity index is 809. The molecule has 0 saturated carbocycles. The molecule has 0 bridgehead atoms. The van der Waals surface area contributed by atoms with Gasteiger partial charge in [-0.1, -0.05) is 45.9 Å². The number of hydrogen-bond acceptors (Lipinski definition) is 1. The van der Waals surface area contributed by atoms with Crippen LogP contribution in [-0.2, 0) is 17.9 Å². The van der Waals surface area contributed by atoms with E-state index < -0.39 is 0 Å². The van der Waals surface area contributed by atoms with Crippen LogP contribution in [0.2, 0.25) is 0 Å². The van der Waals surface area contributed by atoms with Crippen LogP contribution >= 0.6 is 9.58 Å². The van der Waals surface area contributed by atoms with Crippen LogP contribution in [0, 0.1) is 27.3 Å². The van der Waals surface area contributed by atoms with Crippen LogP contribution in [0.15, 0.2) is 42.6 Å². The van der Waals surface area contributed by atoms with Crippen molar-refractivity contribution in [2.24, 2.45) is 0 Å². The van der Waals surface area contributed by atoms with E-state index in [1.54, 1.807) is 0 Å². The molecular formula is C22H25ClIrN. The van der Waals surface area contributed by atoms with Crippen molar-refractivity contribution in [2.45, 2.75) is 40.0 Å². The molecule has 1 aromatic heterocycles. The summed E-state index contributed by atoms with van der Waals surface area (Å²) in [5.74, 6) is 0.570. The molecule has 0 saturated heterocycles. The zero-order valence-corrected chi connectivity index (χ0v) is 18.6. The van der Waals surface area contributed by atoms with Crippen LogP contribution in [0.4, 0.5) is 0 Å². The standard InChI is InChI=1S/C21H22N.CH3.ClH.Ir/c1-5-16(4)18-7-6-17-8-9-22-21(20(17)13-18)19-11-14(2)10-15(3)12-19;;;/h6-11,13,16H,5H2,1-4H3;1H3;1H;/q2*-1;;+3/p-1. The van der Waals surface area contributed by atoms with Crippen LogP contribution in [0.5, 0.6) is 0 Å². The first-order chi connectivity index (χ1) is 11.6. The van der Waals surface area contributed by atoms with Gasteiger partial charge < -0.3 is 12.4 Å². The van der Waals surface area contributed by atoms with E-state index in [1.807, 2.05) is 6.20 Å². The van der Waals surface area contributed by atoms with Crippen LogP contribution in [0.1, 0.15) is 42.9 Å². The van der Waals surface area contributed by atoms with Gasteiger partial charge in [0, 0.05) is 6.20 Å². The first kappa shape index (κ1) is 21.8. The minimum absolute atomic E-state index is 0. The van der Waals surface area contributed by atoms with Gasteiger partial charge in [0.2, 0.25) is 0 Å². The van der Waals surface area contributed by atoms with Crippen molar-refractivity contribution >= 4 is 20.4 Å². The Labute approximate surface area is 167 Å². The van der Waals surface area contributed by atoms with Gasteiger partial charge >= 0.3 is 27.5 Å². The van der Waals surface area contributed by atoms with Gasteiger partial charge in [-0.3, -0.25) is 0 Å². The molecule has 0 spiro atoms. The summed E-state index contributed by atoms with van der Waals surface area (Å²) in [6.45, 7) is 8.73. The summed E-state index contributed by atoms with van der Waals surface area (Å²) in [7, 11) is 4.64. The number of aryl methyl sites for hydroxylation is 2. The van der Waals surface area contributed by atoms with E-state index in [4.69, 9.17) is 0 Å². The average Bonchev–Trinajstić information content (AvgIpc) is 2.61. The zero-order valence-electron chi connectivity index (χ0n) is 15.5. The molecule has 0 aliphatic rings. The second-order valence-electron chi connectivity index (χ2n) is 6.20. The molecule has 0 amide bonds.